The highest BCUT2D eigenvalue weighted by Crippen LogP contribution is 2.31. The van der Waals surface area contributed by atoms with Crippen molar-refractivity contribution in [3.8, 4) is 0 Å². The smallest absolute Gasteiger partial charge is 0.475 e. The molecule has 26 nitrogen and oxygen atoms in total. The molecule has 0 fully saturated rings. The van der Waals surface area contributed by atoms with Crippen molar-refractivity contribution in [3.05, 3.63) is 58.7 Å². The molecule has 1 aliphatic rings. The molecule has 0 saturated carbocycles. The van der Waals surface area contributed by atoms with Crippen LogP contribution >= 0.6 is 0 Å². The summed E-state index contributed by atoms with van der Waals surface area (Å²) in [7, 11) is 0. The molecule has 2 atom stereocenters. The number of carboxylic acid groups (broad SMARTS) is 4. The molecule has 0 radical (unpaired) electrons. The number of anilines is 2. The number of nitrogens with one attached hydrogen (secondary N) is 4. The van der Waals surface area contributed by atoms with Gasteiger partial charge in [-0.25, -0.2) is 19.2 Å². The van der Waals surface area contributed by atoms with E-state index in [-0.39, 0.29) is 58.6 Å². The maximum Gasteiger partial charge on any atom is 0.490 e. The van der Waals surface area contributed by atoms with Gasteiger partial charge < -0.3 is 76.1 Å². The number of nitrogens with two attached hydrogens (primary N) is 6. The Kier molecular flexibility index (Phi) is 28.3. The van der Waals surface area contributed by atoms with Gasteiger partial charge >= 0.3 is 48.6 Å². The highest BCUT2D eigenvalue weighted by atomic mass is 19.4. The van der Waals surface area contributed by atoms with Gasteiger partial charge in [-0.1, -0.05) is 0 Å². The van der Waals surface area contributed by atoms with E-state index < -0.39 is 95.9 Å². The summed E-state index contributed by atoms with van der Waals surface area (Å²) in [6.45, 7) is -0.125. The van der Waals surface area contributed by atoms with Crippen molar-refractivity contribution in [1.29, 1.82) is 0 Å². The van der Waals surface area contributed by atoms with Crippen LogP contribution < -0.4 is 55.7 Å². The quantitative estimate of drug-likeness (QED) is 0.0384. The summed E-state index contributed by atoms with van der Waals surface area (Å²) in [5.41, 5.74) is 33.5. The second-order valence-electron chi connectivity index (χ2n) is 14.0. The van der Waals surface area contributed by atoms with Crippen LogP contribution in [0.1, 0.15) is 57.5 Å². The minimum absolute atomic E-state index is 0.0610. The lowest BCUT2D eigenvalue weighted by Crippen LogP contribution is -2.43. The number of benzene rings is 2. The molecule has 38 heteroatoms. The monoisotopic (exact) mass is 1120 g/mol. The first-order valence-corrected chi connectivity index (χ1v) is 19.9. The van der Waals surface area contributed by atoms with E-state index in [9.17, 15) is 81.5 Å². The zero-order valence-electron chi connectivity index (χ0n) is 38.0. The number of alkyl halides is 12. The molecule has 0 heterocycles. The third kappa shape index (κ3) is 28.4. The maximum absolute atomic E-state index is 13.3. The molecule has 0 aromatic heterocycles. The molecule has 1 aliphatic carbocycles. The summed E-state index contributed by atoms with van der Waals surface area (Å²) in [4.78, 5) is 119. The lowest BCUT2D eigenvalue weighted by Gasteiger charge is -2.19. The van der Waals surface area contributed by atoms with Crippen LogP contribution in [0.4, 0.5) is 64.1 Å². The van der Waals surface area contributed by atoms with Crippen molar-refractivity contribution in [2.24, 2.45) is 44.4 Å². The van der Waals surface area contributed by atoms with Gasteiger partial charge in [-0.05, 0) is 62.1 Å². The summed E-state index contributed by atoms with van der Waals surface area (Å²) in [5.74, 6) is -14.3. The number of aliphatic carboxylic acids is 4. The van der Waals surface area contributed by atoms with E-state index in [1.165, 1.54) is 36.4 Å². The van der Waals surface area contributed by atoms with E-state index in [1.54, 1.807) is 0 Å². The van der Waals surface area contributed by atoms with Crippen molar-refractivity contribution in [1.82, 2.24) is 10.6 Å². The van der Waals surface area contributed by atoms with Gasteiger partial charge in [-0.15, -0.1) is 0 Å². The number of rotatable bonds is 16. The number of aliphatic imine (C=N–C) groups is 2. The van der Waals surface area contributed by atoms with Gasteiger partial charge in [0, 0.05) is 46.7 Å². The molecule has 3 rings (SSSR count). The number of halogens is 12. The van der Waals surface area contributed by atoms with Crippen molar-refractivity contribution in [3.63, 3.8) is 0 Å². The molecule has 76 heavy (non-hydrogen) atoms. The number of carbonyl (C=O) groups excluding carboxylic acids is 6. The molecule has 0 spiro atoms. The summed E-state index contributed by atoms with van der Waals surface area (Å²) in [5, 5.41) is 38.5. The Labute approximate surface area is 416 Å². The summed E-state index contributed by atoms with van der Waals surface area (Å²) >= 11 is 0. The molecule has 20 N–H and O–H groups in total. The number of ketones is 2. The minimum atomic E-state index is -5.08. The lowest BCUT2D eigenvalue weighted by molar-refractivity contribution is -0.193. The average Bonchev–Trinajstić information content (AvgIpc) is 3.28. The summed E-state index contributed by atoms with van der Waals surface area (Å²) < 4.78 is 127. The van der Waals surface area contributed by atoms with Crippen molar-refractivity contribution in [2.75, 3.05) is 36.8 Å². The molecule has 0 saturated heterocycles. The minimum Gasteiger partial charge on any atom is -0.475 e. The molecule has 2 aromatic rings. The molecule has 0 unspecified atom stereocenters. The second kappa shape index (κ2) is 31.0. The SMILES string of the molecule is NC(N)=NCCC[C@H](N)C(=O)NCC(=O)Nc1ccc2c(c1)C(=O)c1ccc(NC(=O)CNC(=O)[C@@H](N)CCCN=C(N)N)cc1C2=O.O=C(O)C(F)(F)F.O=C(O)C(F)(F)F.O=C(O)C(F)(F)F.O=C(O)C(F)(F)F. The van der Waals surface area contributed by atoms with Crippen LogP contribution in [-0.4, -0.2) is 154 Å². The van der Waals surface area contributed by atoms with Gasteiger partial charge in [-0.3, -0.25) is 38.8 Å². The zero-order chi connectivity index (χ0) is 59.7. The van der Waals surface area contributed by atoms with Crippen LogP contribution in [0.5, 0.6) is 0 Å². The van der Waals surface area contributed by atoms with E-state index >= 15 is 0 Å². The normalized spacial score (nSPS) is 12.2. The number of nitrogens with zero attached hydrogens (tertiary/aromatic N) is 2. The number of carbonyl (C=O) groups is 10. The van der Waals surface area contributed by atoms with Crippen LogP contribution in [0.15, 0.2) is 46.4 Å². The van der Waals surface area contributed by atoms with Gasteiger partial charge in [-0.2, -0.15) is 52.7 Å². The fourth-order valence-electron chi connectivity index (χ4n) is 4.61. The first-order valence-electron chi connectivity index (χ1n) is 19.9. The Balaban J connectivity index is 0. The highest BCUT2D eigenvalue weighted by Gasteiger charge is 2.40. The number of hydrogen-bond donors (Lipinski definition) is 14. The summed E-state index contributed by atoms with van der Waals surface area (Å²) in [6, 6.07) is 6.72. The van der Waals surface area contributed by atoms with Gasteiger partial charge in [0.15, 0.2) is 23.5 Å². The molecule has 0 bridgehead atoms. The first kappa shape index (κ1) is 69.2. The molecule has 4 amide bonds. The largest absolute Gasteiger partial charge is 0.490 e. The third-order valence-electron chi connectivity index (χ3n) is 8.01. The molecule has 424 valence electrons. The van der Waals surface area contributed by atoms with E-state index in [0.717, 1.165) is 0 Å². The molecular formula is C38H44F12N12O14. The standard InChI is InChI=1S/C30H40N12O6.4C2HF3O2/c31-21(3-1-9-37-29(33)34)27(47)39-13-23(43)41-15-5-7-17-19(11-15)25(45)18-8-6-16(12-20(18)26(17)46)42-24(44)14-40-28(48)22(32)4-2-10-38-30(35)36;4*3-2(4,5)1(6)7/h5-8,11-12,21-22H,1-4,9-10,13-14,31-32H2,(H,39,47)(H,40,48)(H,41,43)(H,42,44)(H4,33,34,37)(H4,35,36,38);4*(H,6,7)/t21-,22-;;;;/m0..../s1. The zero-order valence-corrected chi connectivity index (χ0v) is 38.0. The lowest BCUT2D eigenvalue weighted by atomic mass is 9.83. The molecule has 0 aliphatic heterocycles. The van der Waals surface area contributed by atoms with Gasteiger partial charge in [0.05, 0.1) is 25.2 Å². The Hall–Kier alpha value is -8.84. The van der Waals surface area contributed by atoms with Gasteiger partial charge in [0.1, 0.15) is 0 Å². The van der Waals surface area contributed by atoms with E-state index in [0.29, 0.717) is 38.8 Å². The van der Waals surface area contributed by atoms with Crippen LogP contribution in [0.2, 0.25) is 0 Å². The first-order chi connectivity index (χ1) is 34.5. The van der Waals surface area contributed by atoms with Crippen LogP contribution in [-0.2, 0) is 38.4 Å². The average molecular weight is 1120 g/mol. The molecule has 2 aromatic carbocycles. The second-order valence-corrected chi connectivity index (χ2v) is 14.0. The highest BCUT2D eigenvalue weighted by molar-refractivity contribution is 6.29. The number of guanidine groups is 2. The predicted molar refractivity (Wildman–Crippen MR) is 234 cm³/mol. The van der Waals surface area contributed by atoms with Crippen molar-refractivity contribution >= 4 is 82.4 Å². The number of hydrogen-bond acceptors (Lipinski definition) is 14. The maximum atomic E-state index is 13.3. The summed E-state index contributed by atoms with van der Waals surface area (Å²) in [6.07, 6.45) is -18.8. The van der Waals surface area contributed by atoms with Crippen LogP contribution in [0.25, 0.3) is 0 Å². The Bertz CT molecular complexity index is 2260. The number of carboxylic acids is 4. The van der Waals surface area contributed by atoms with Gasteiger partial charge in [0.25, 0.3) is 0 Å². The van der Waals surface area contributed by atoms with Crippen molar-refractivity contribution in [2.45, 2.75) is 62.5 Å². The number of fused-ring (bicyclic) bond motifs is 2. The van der Waals surface area contributed by atoms with E-state index in [4.69, 9.17) is 74.0 Å². The Morgan fingerprint density at radius 3 is 0.947 bits per heavy atom. The Morgan fingerprint density at radius 2 is 0.724 bits per heavy atom. The van der Waals surface area contributed by atoms with Gasteiger partial charge in [0.2, 0.25) is 23.6 Å². The predicted octanol–water partition coefficient (Wildman–Crippen LogP) is -0.134. The third-order valence-corrected chi connectivity index (χ3v) is 8.01. The van der Waals surface area contributed by atoms with Crippen LogP contribution in [0.3, 0.4) is 0 Å². The number of amides is 4. The fourth-order valence-corrected chi connectivity index (χ4v) is 4.61. The fraction of sp³-hybridized carbons (Fsp3) is 0.368. The van der Waals surface area contributed by atoms with E-state index in [1.807, 2.05) is 0 Å². The Morgan fingerprint density at radius 1 is 0.474 bits per heavy atom. The molecular weight excluding hydrogens is 1080 g/mol. The van der Waals surface area contributed by atoms with Crippen molar-refractivity contribution < 1.29 is 121 Å². The van der Waals surface area contributed by atoms with Crippen LogP contribution in [0, 0.1) is 0 Å². The topological polar surface area (TPSA) is 481 Å². The van der Waals surface area contributed by atoms with E-state index in [2.05, 4.69) is 31.3 Å².